The second kappa shape index (κ2) is 12.1. The largest absolute Gasteiger partial charge is 0.481 e. The number of hydrogen-bond acceptors (Lipinski definition) is 8. The van der Waals surface area contributed by atoms with Crippen LogP contribution in [0.5, 0.6) is 5.75 Å². The van der Waals surface area contributed by atoms with Gasteiger partial charge in [-0.25, -0.2) is 4.98 Å². The summed E-state index contributed by atoms with van der Waals surface area (Å²) < 4.78 is 7.54. The predicted octanol–water partition coefficient (Wildman–Crippen LogP) is 6.43. The Morgan fingerprint density at radius 3 is 2.51 bits per heavy atom. The molecule has 4 rings (SSSR count). The van der Waals surface area contributed by atoms with Crippen LogP contribution in [0, 0.1) is 20.2 Å². The number of hydrogen-bond donors (Lipinski definition) is 0. The van der Waals surface area contributed by atoms with Crippen LogP contribution in [0.3, 0.4) is 0 Å². The van der Waals surface area contributed by atoms with Gasteiger partial charge in [0.25, 0.3) is 11.2 Å². The van der Waals surface area contributed by atoms with Crippen molar-refractivity contribution in [2.24, 2.45) is 5.10 Å². The summed E-state index contributed by atoms with van der Waals surface area (Å²) in [7, 11) is 0. The number of ether oxygens (including phenoxy) is 1. The van der Waals surface area contributed by atoms with E-state index in [1.54, 1.807) is 18.2 Å². The second-order valence-electron chi connectivity index (χ2n) is 8.47. The molecule has 4 aromatic rings. The van der Waals surface area contributed by atoms with Gasteiger partial charge >= 0.3 is 5.69 Å². The molecule has 0 N–H and O–H groups in total. The minimum absolute atomic E-state index is 0.0355. The molecule has 11 nitrogen and oxygen atoms in total. The van der Waals surface area contributed by atoms with Gasteiger partial charge in [-0.2, -0.15) is 9.78 Å². The average molecular weight is 615 g/mol. The zero-order valence-corrected chi connectivity index (χ0v) is 22.9. The normalized spacial score (nSPS) is 11.3. The summed E-state index contributed by atoms with van der Waals surface area (Å²) in [6.07, 6.45) is 3.51. The van der Waals surface area contributed by atoms with E-state index in [0.29, 0.717) is 28.7 Å². The summed E-state index contributed by atoms with van der Waals surface area (Å²) >= 11 is 9.72. The third-order valence-corrected chi connectivity index (χ3v) is 6.50. The third kappa shape index (κ3) is 6.47. The lowest BCUT2D eigenvalue weighted by atomic mass is 10.2. The zero-order chi connectivity index (χ0) is 28.1. The predicted molar refractivity (Wildman–Crippen MR) is 151 cm³/mol. The van der Waals surface area contributed by atoms with Gasteiger partial charge in [0.2, 0.25) is 5.75 Å². The van der Waals surface area contributed by atoms with Crippen molar-refractivity contribution in [2.75, 3.05) is 0 Å². The molecular formula is C26H21BrClN5O6. The molecule has 0 aliphatic heterocycles. The van der Waals surface area contributed by atoms with Crippen molar-refractivity contribution in [1.29, 1.82) is 0 Å². The second-order valence-corrected chi connectivity index (χ2v) is 9.80. The van der Waals surface area contributed by atoms with Gasteiger partial charge < -0.3 is 4.74 Å². The van der Waals surface area contributed by atoms with Crippen LogP contribution >= 0.6 is 27.5 Å². The van der Waals surface area contributed by atoms with Crippen molar-refractivity contribution >= 4 is 56.0 Å². The number of nitro benzene ring substituents is 2. The summed E-state index contributed by atoms with van der Waals surface area (Å²) in [4.78, 5) is 39.4. The van der Waals surface area contributed by atoms with Crippen LogP contribution in [-0.4, -0.2) is 25.7 Å². The average Bonchev–Trinajstić information content (AvgIpc) is 2.91. The van der Waals surface area contributed by atoms with E-state index in [9.17, 15) is 25.0 Å². The van der Waals surface area contributed by atoms with Crippen molar-refractivity contribution in [3.8, 4) is 5.75 Å². The smallest absolute Gasteiger partial charge is 0.313 e. The summed E-state index contributed by atoms with van der Waals surface area (Å²) in [5.41, 5.74) is 0.534. The highest BCUT2D eigenvalue weighted by atomic mass is 79.9. The minimum atomic E-state index is -0.637. The lowest BCUT2D eigenvalue weighted by Crippen LogP contribution is -2.22. The van der Waals surface area contributed by atoms with Crippen LogP contribution in [-0.2, 0) is 13.0 Å². The van der Waals surface area contributed by atoms with Crippen molar-refractivity contribution in [1.82, 2.24) is 9.66 Å². The molecule has 0 unspecified atom stereocenters. The monoisotopic (exact) mass is 613 g/mol. The van der Waals surface area contributed by atoms with Crippen LogP contribution in [0.1, 0.15) is 36.7 Å². The number of nitrogens with zero attached hydrogens (tertiary/aromatic N) is 5. The van der Waals surface area contributed by atoms with Crippen LogP contribution in [0.15, 0.2) is 69.0 Å². The molecule has 1 heterocycles. The van der Waals surface area contributed by atoms with Crippen LogP contribution in [0.25, 0.3) is 10.9 Å². The SMILES string of the molecule is CCCCc1nc2ccc(Br)cc2c(=O)n1N=Cc1cc(Cl)c(OCc2ccc([N+](=O)[O-])cc2)c([N+](=O)[O-])c1. The number of aromatic nitrogens is 2. The summed E-state index contributed by atoms with van der Waals surface area (Å²) in [5, 5.41) is 27.3. The molecule has 0 aliphatic rings. The maximum absolute atomic E-state index is 13.3. The van der Waals surface area contributed by atoms with Crippen molar-refractivity contribution in [3.05, 3.63) is 112 Å². The molecule has 0 amide bonds. The fourth-order valence-corrected chi connectivity index (χ4v) is 4.40. The highest BCUT2D eigenvalue weighted by Gasteiger charge is 2.21. The topological polar surface area (TPSA) is 143 Å². The molecule has 39 heavy (non-hydrogen) atoms. The third-order valence-electron chi connectivity index (χ3n) is 5.72. The summed E-state index contributed by atoms with van der Waals surface area (Å²) in [6.45, 7) is 1.93. The number of nitro groups is 2. The molecule has 0 radical (unpaired) electrons. The Morgan fingerprint density at radius 1 is 1.10 bits per heavy atom. The molecule has 0 saturated carbocycles. The molecule has 200 valence electrons. The van der Waals surface area contributed by atoms with Gasteiger partial charge in [-0.15, -0.1) is 0 Å². The molecule has 0 saturated heterocycles. The molecule has 0 atom stereocenters. The Hall–Kier alpha value is -4.16. The van der Waals surface area contributed by atoms with E-state index in [1.165, 1.54) is 47.3 Å². The molecule has 0 bridgehead atoms. The Labute approximate surface area is 235 Å². The number of rotatable bonds is 10. The van der Waals surface area contributed by atoms with Gasteiger partial charge in [0, 0.05) is 34.7 Å². The van der Waals surface area contributed by atoms with Crippen LogP contribution in [0.4, 0.5) is 11.4 Å². The number of benzene rings is 3. The number of aryl methyl sites for hydroxylation is 1. The summed E-state index contributed by atoms with van der Waals surface area (Å²) in [6, 6.07) is 13.5. The van der Waals surface area contributed by atoms with E-state index in [2.05, 4.69) is 26.0 Å². The molecule has 0 fully saturated rings. The van der Waals surface area contributed by atoms with E-state index in [-0.39, 0.29) is 34.2 Å². The van der Waals surface area contributed by atoms with Crippen LogP contribution < -0.4 is 10.3 Å². The van der Waals surface area contributed by atoms with E-state index in [1.807, 2.05) is 6.92 Å². The first-order valence-electron chi connectivity index (χ1n) is 11.8. The number of non-ortho nitro benzene ring substituents is 1. The first kappa shape index (κ1) is 27.9. The highest BCUT2D eigenvalue weighted by Crippen LogP contribution is 2.36. The quantitative estimate of drug-likeness (QED) is 0.114. The maximum Gasteiger partial charge on any atom is 0.313 e. The van der Waals surface area contributed by atoms with Gasteiger partial charge in [-0.05, 0) is 48.4 Å². The van der Waals surface area contributed by atoms with Gasteiger partial charge in [-0.1, -0.05) is 40.9 Å². The van der Waals surface area contributed by atoms with Crippen molar-refractivity contribution < 1.29 is 14.6 Å². The van der Waals surface area contributed by atoms with E-state index in [0.717, 1.165) is 17.3 Å². The zero-order valence-electron chi connectivity index (χ0n) is 20.5. The van der Waals surface area contributed by atoms with E-state index in [4.69, 9.17) is 16.3 Å². The molecule has 3 aromatic carbocycles. The maximum atomic E-state index is 13.3. The Balaban J connectivity index is 1.67. The molecule has 0 aliphatic carbocycles. The molecular weight excluding hydrogens is 594 g/mol. The minimum Gasteiger partial charge on any atom is -0.481 e. The fraction of sp³-hybridized carbons (Fsp3) is 0.192. The first-order valence-corrected chi connectivity index (χ1v) is 12.9. The van der Waals surface area contributed by atoms with Crippen molar-refractivity contribution in [2.45, 2.75) is 32.8 Å². The molecule has 13 heteroatoms. The molecule has 1 aromatic heterocycles. The summed E-state index contributed by atoms with van der Waals surface area (Å²) in [5.74, 6) is 0.312. The van der Waals surface area contributed by atoms with Gasteiger partial charge in [-0.3, -0.25) is 25.0 Å². The number of unbranched alkanes of at least 4 members (excludes halogenated alkanes) is 1. The molecule has 0 spiro atoms. The Bertz CT molecular complexity index is 1660. The van der Waals surface area contributed by atoms with E-state index >= 15 is 0 Å². The Kier molecular flexibility index (Phi) is 8.67. The first-order chi connectivity index (χ1) is 18.7. The number of halogens is 2. The van der Waals surface area contributed by atoms with E-state index < -0.39 is 15.5 Å². The standard InChI is InChI=1S/C26H21BrClN5O6/c1-2-3-4-24-30-22-10-7-18(27)13-20(22)26(34)31(24)29-14-17-11-21(28)25(23(12-17)33(37)38)39-15-16-5-8-19(9-6-16)32(35)36/h5-14H,2-4,15H2,1H3. The van der Waals surface area contributed by atoms with Gasteiger partial charge in [0.1, 0.15) is 12.4 Å². The lowest BCUT2D eigenvalue weighted by Gasteiger charge is -2.10. The Morgan fingerprint density at radius 2 is 1.85 bits per heavy atom. The van der Waals surface area contributed by atoms with Crippen molar-refractivity contribution in [3.63, 3.8) is 0 Å². The highest BCUT2D eigenvalue weighted by molar-refractivity contribution is 9.10. The van der Waals surface area contributed by atoms with Gasteiger partial charge in [0.15, 0.2) is 0 Å². The lowest BCUT2D eigenvalue weighted by molar-refractivity contribution is -0.386. The number of fused-ring (bicyclic) bond motifs is 1. The van der Waals surface area contributed by atoms with Gasteiger partial charge in [0.05, 0.1) is 32.0 Å². The van der Waals surface area contributed by atoms with Crippen LogP contribution in [0.2, 0.25) is 5.02 Å². The fourth-order valence-electron chi connectivity index (χ4n) is 3.76.